The van der Waals surface area contributed by atoms with Crippen LogP contribution in [0, 0.1) is 11.8 Å². The van der Waals surface area contributed by atoms with E-state index in [0.29, 0.717) is 24.1 Å². The second-order valence-corrected chi connectivity index (χ2v) is 19.1. The predicted octanol–water partition coefficient (Wildman–Crippen LogP) is 10.1. The Bertz CT molecular complexity index is 1040. The van der Waals surface area contributed by atoms with Gasteiger partial charge in [-0.05, 0) is 131 Å². The largest absolute Gasteiger partial charge is 0.354 e. The first-order chi connectivity index (χ1) is 23.7. The molecule has 2 saturated heterocycles. The fraction of sp³-hybridized carbons (Fsp3) is 0.927. The zero-order valence-electron chi connectivity index (χ0n) is 33.5. The van der Waals surface area contributed by atoms with Gasteiger partial charge < -0.3 is 10.6 Å². The van der Waals surface area contributed by atoms with Crippen molar-refractivity contribution in [3.05, 3.63) is 6.33 Å². The molecule has 2 saturated carbocycles. The van der Waals surface area contributed by atoms with Gasteiger partial charge in [0.05, 0.1) is 12.2 Å². The van der Waals surface area contributed by atoms with E-state index in [1.807, 2.05) is 0 Å². The summed E-state index contributed by atoms with van der Waals surface area (Å²) in [7, 11) is 0. The number of aromatic nitrogens is 3. The van der Waals surface area contributed by atoms with Crippen LogP contribution in [0.5, 0.6) is 0 Å². The minimum atomic E-state index is 0.0608. The normalized spacial score (nSPS) is 25.4. The van der Waals surface area contributed by atoms with Gasteiger partial charge >= 0.3 is 0 Å². The Morgan fingerprint density at radius 3 is 1.28 bits per heavy atom. The summed E-state index contributed by atoms with van der Waals surface area (Å²) in [6.07, 6.45) is 27.2. The topological polar surface area (TPSA) is 87.7 Å². The van der Waals surface area contributed by atoms with Crippen molar-refractivity contribution in [2.75, 3.05) is 23.7 Å². The number of unbranched alkanes of at least 4 members (excludes halogenated alkanes) is 2. The maximum Gasteiger partial charge on any atom is 0.227 e. The summed E-state index contributed by atoms with van der Waals surface area (Å²) in [4.78, 5) is 26.8. The third-order valence-corrected chi connectivity index (χ3v) is 12.2. The number of rotatable bonds is 16. The molecule has 0 aromatic carbocycles. The predicted molar refractivity (Wildman–Crippen MR) is 206 cm³/mol. The van der Waals surface area contributed by atoms with Crippen LogP contribution in [0.4, 0.5) is 11.9 Å². The van der Waals surface area contributed by atoms with Gasteiger partial charge in [-0.25, -0.2) is 9.97 Å². The zero-order valence-corrected chi connectivity index (χ0v) is 33.5. The van der Waals surface area contributed by atoms with Crippen LogP contribution in [0.3, 0.4) is 0 Å². The van der Waals surface area contributed by atoms with Crippen molar-refractivity contribution in [3.8, 4) is 0 Å². The lowest BCUT2D eigenvalue weighted by atomic mass is 9.73. The molecule has 5 rings (SSSR count). The maximum atomic E-state index is 6.70. The van der Waals surface area contributed by atoms with E-state index in [-0.39, 0.29) is 22.2 Å². The van der Waals surface area contributed by atoms with Gasteiger partial charge in [-0.2, -0.15) is 15.1 Å². The number of nitrogens with one attached hydrogen (secondary N) is 2. The lowest BCUT2D eigenvalue weighted by Gasteiger charge is -2.55. The minimum absolute atomic E-state index is 0.0608. The summed E-state index contributed by atoms with van der Waals surface area (Å²) in [5.41, 5.74) is 0.243. The van der Waals surface area contributed by atoms with Crippen LogP contribution in [-0.4, -0.2) is 72.5 Å². The molecular weight excluding hydrogens is 622 g/mol. The van der Waals surface area contributed by atoms with Crippen molar-refractivity contribution in [2.24, 2.45) is 11.8 Å². The van der Waals surface area contributed by atoms with Crippen LogP contribution in [0.1, 0.15) is 184 Å². The van der Waals surface area contributed by atoms with Gasteiger partial charge in [0.1, 0.15) is 6.33 Å². The van der Waals surface area contributed by atoms with E-state index < -0.39 is 0 Å². The van der Waals surface area contributed by atoms with E-state index in [1.165, 1.54) is 116 Å². The Balaban J connectivity index is 0.960. The van der Waals surface area contributed by atoms with Crippen molar-refractivity contribution >= 4 is 11.9 Å². The van der Waals surface area contributed by atoms with Crippen molar-refractivity contribution in [2.45, 2.75) is 218 Å². The summed E-state index contributed by atoms with van der Waals surface area (Å²) >= 11 is 0. The Morgan fingerprint density at radius 1 is 0.560 bits per heavy atom. The lowest BCUT2D eigenvalue weighted by molar-refractivity contribution is -0.314. The fourth-order valence-electron chi connectivity index (χ4n) is 10.5. The van der Waals surface area contributed by atoms with Crippen molar-refractivity contribution in [3.63, 3.8) is 0 Å². The summed E-state index contributed by atoms with van der Waals surface area (Å²) in [5.74, 6) is 2.80. The Labute approximate surface area is 306 Å². The number of piperidine rings is 2. The molecule has 4 aliphatic rings. The second-order valence-electron chi connectivity index (χ2n) is 19.1. The highest BCUT2D eigenvalue weighted by Gasteiger charge is 2.48. The van der Waals surface area contributed by atoms with Crippen molar-refractivity contribution in [1.29, 1.82) is 0 Å². The molecule has 4 fully saturated rings. The van der Waals surface area contributed by atoms with Gasteiger partial charge in [0.2, 0.25) is 11.9 Å². The second kappa shape index (κ2) is 17.5. The molecule has 3 heterocycles. The summed E-state index contributed by atoms with van der Waals surface area (Å²) in [6.45, 7) is 20.9. The Morgan fingerprint density at radius 2 is 0.920 bits per heavy atom. The highest BCUT2D eigenvalue weighted by Crippen LogP contribution is 2.46. The molecule has 0 amide bonds. The molecule has 286 valence electrons. The maximum absolute atomic E-state index is 6.70. The van der Waals surface area contributed by atoms with Crippen LogP contribution in [-0.2, 0) is 9.68 Å². The molecule has 9 heteroatoms. The van der Waals surface area contributed by atoms with E-state index in [0.717, 1.165) is 37.8 Å². The molecule has 2 N–H and O–H groups in total. The van der Waals surface area contributed by atoms with Gasteiger partial charge in [0.25, 0.3) is 0 Å². The molecule has 1 aromatic rings. The molecule has 1 aromatic heterocycles. The average Bonchev–Trinajstić information content (AvgIpc) is 3.05. The molecule has 0 unspecified atom stereocenters. The van der Waals surface area contributed by atoms with Crippen LogP contribution in [0.15, 0.2) is 6.33 Å². The van der Waals surface area contributed by atoms with E-state index in [4.69, 9.17) is 9.68 Å². The number of nitrogens with zero attached hydrogens (tertiary/aromatic N) is 5. The van der Waals surface area contributed by atoms with Crippen LogP contribution >= 0.6 is 0 Å². The Kier molecular flexibility index (Phi) is 13.9. The molecule has 9 nitrogen and oxygen atoms in total. The molecule has 0 radical (unpaired) electrons. The zero-order chi connectivity index (χ0) is 35.8. The standard InChI is InChI=1S/C41H75N7O2/c1-38(2)27-32(28-39(3,4)47(38)49-34-21-11-9-12-22-34)19-15-17-25-42-36-44-31-45-37(46-36)43-26-18-16-20-33-29-40(5,6)48(41(7,8)30-33)50-35-23-13-10-14-24-35/h31-35H,9-30H2,1-8H3,(H2,42,43,44,45,46). The third-order valence-electron chi connectivity index (χ3n) is 12.2. The van der Waals surface area contributed by atoms with Crippen LogP contribution < -0.4 is 10.6 Å². The van der Waals surface area contributed by atoms with Crippen molar-refractivity contribution < 1.29 is 9.68 Å². The fourth-order valence-corrected chi connectivity index (χ4v) is 10.5. The molecule has 0 spiro atoms. The number of hydrogen-bond donors (Lipinski definition) is 2. The van der Waals surface area contributed by atoms with E-state index >= 15 is 0 Å². The van der Waals surface area contributed by atoms with E-state index in [2.05, 4.69) is 91.1 Å². The minimum Gasteiger partial charge on any atom is -0.354 e. The first-order valence-electron chi connectivity index (χ1n) is 20.8. The highest BCUT2D eigenvalue weighted by molar-refractivity contribution is 5.32. The van der Waals surface area contributed by atoms with Gasteiger partial charge in [0.15, 0.2) is 0 Å². The number of hydroxylamine groups is 4. The van der Waals surface area contributed by atoms with Gasteiger partial charge in [-0.3, -0.25) is 9.68 Å². The van der Waals surface area contributed by atoms with Crippen molar-refractivity contribution in [1.82, 2.24) is 25.1 Å². The smallest absolute Gasteiger partial charge is 0.227 e. The first kappa shape index (κ1) is 39.7. The van der Waals surface area contributed by atoms with Gasteiger partial charge in [-0.1, -0.05) is 64.2 Å². The molecule has 0 atom stereocenters. The number of anilines is 2. The quantitative estimate of drug-likeness (QED) is 0.164. The third kappa shape index (κ3) is 11.2. The average molecular weight is 698 g/mol. The molecule has 2 aliphatic carbocycles. The van der Waals surface area contributed by atoms with Gasteiger partial charge in [0, 0.05) is 35.2 Å². The highest BCUT2D eigenvalue weighted by atomic mass is 16.7. The van der Waals surface area contributed by atoms with Gasteiger partial charge in [-0.15, -0.1) is 0 Å². The van der Waals surface area contributed by atoms with E-state index in [1.54, 1.807) is 6.33 Å². The molecule has 2 aliphatic heterocycles. The molecular formula is C41H75N7O2. The molecule has 50 heavy (non-hydrogen) atoms. The summed E-state index contributed by atoms with van der Waals surface area (Å²) in [6, 6.07) is 0. The lowest BCUT2D eigenvalue weighted by Crippen LogP contribution is -2.61. The summed E-state index contributed by atoms with van der Waals surface area (Å²) < 4.78 is 0. The van der Waals surface area contributed by atoms with Crippen LogP contribution in [0.2, 0.25) is 0 Å². The monoisotopic (exact) mass is 698 g/mol. The Hall–Kier alpha value is -1.55. The first-order valence-corrected chi connectivity index (χ1v) is 20.8. The SMILES string of the molecule is CC1(C)CC(CCCCNc2ncnc(NCCCCC3CC(C)(C)N(OC4CCCCC4)C(C)(C)C3)n2)CC(C)(C)N1OC1CCCCC1. The molecule has 0 bridgehead atoms. The summed E-state index contributed by atoms with van der Waals surface area (Å²) in [5, 5.41) is 11.7. The van der Waals surface area contributed by atoms with Crippen LogP contribution in [0.25, 0.3) is 0 Å². The van der Waals surface area contributed by atoms with E-state index in [9.17, 15) is 0 Å². The number of hydrogen-bond acceptors (Lipinski definition) is 9.